The highest BCUT2D eigenvalue weighted by molar-refractivity contribution is 6.29. The van der Waals surface area contributed by atoms with Gasteiger partial charge in [-0.1, -0.05) is 50.2 Å². The third-order valence-corrected chi connectivity index (χ3v) is 5.81. The first-order valence-corrected chi connectivity index (χ1v) is 10.3. The second kappa shape index (κ2) is 7.48. The topological polar surface area (TPSA) is 39.2 Å². The van der Waals surface area contributed by atoms with Crippen molar-refractivity contribution >= 4 is 23.1 Å². The number of nitrogens with zero attached hydrogens (tertiary/aromatic N) is 4. The van der Waals surface area contributed by atoms with E-state index in [1.165, 1.54) is 22.0 Å². The summed E-state index contributed by atoms with van der Waals surface area (Å²) >= 11 is 0. The molecule has 0 saturated heterocycles. The molecule has 0 fully saturated rings. The maximum absolute atomic E-state index is 13.2. The van der Waals surface area contributed by atoms with Gasteiger partial charge >= 0.3 is 0 Å². The SMILES string of the molecule is CCN1C(=CC=C2C(=O)N(c3ccccc3)N=C2N(C)C)C(C)(C)c2ccccc21. The highest BCUT2D eigenvalue weighted by Crippen LogP contribution is 2.47. The summed E-state index contributed by atoms with van der Waals surface area (Å²) in [6.45, 7) is 7.50. The van der Waals surface area contributed by atoms with Crippen molar-refractivity contribution in [2.75, 3.05) is 30.5 Å². The summed E-state index contributed by atoms with van der Waals surface area (Å²) in [5, 5.41) is 6.07. The predicted molar refractivity (Wildman–Crippen MR) is 124 cm³/mol. The third kappa shape index (κ3) is 3.11. The molecule has 0 unspecified atom stereocenters. The van der Waals surface area contributed by atoms with E-state index in [9.17, 15) is 4.79 Å². The summed E-state index contributed by atoms with van der Waals surface area (Å²) in [6.07, 6.45) is 4.01. The Morgan fingerprint density at radius 2 is 1.67 bits per heavy atom. The van der Waals surface area contributed by atoms with Crippen LogP contribution >= 0.6 is 0 Å². The minimum atomic E-state index is -0.139. The smallest absolute Gasteiger partial charge is 0.282 e. The number of para-hydroxylation sites is 2. The Labute approximate surface area is 178 Å². The van der Waals surface area contributed by atoms with Gasteiger partial charge in [-0.15, -0.1) is 5.10 Å². The molecule has 5 heteroatoms. The number of likely N-dealkylation sites (N-methyl/N-ethyl adjacent to an activating group) is 2. The molecule has 0 N–H and O–H groups in total. The normalized spacial score (nSPS) is 20.2. The lowest BCUT2D eigenvalue weighted by molar-refractivity contribution is -0.114. The number of amides is 1. The Hall–Kier alpha value is -3.34. The Morgan fingerprint density at radius 3 is 2.33 bits per heavy atom. The fourth-order valence-corrected chi connectivity index (χ4v) is 4.27. The van der Waals surface area contributed by atoms with Crippen LogP contribution in [0.2, 0.25) is 0 Å². The summed E-state index contributed by atoms with van der Waals surface area (Å²) in [5.41, 5.74) is 4.95. The third-order valence-electron chi connectivity index (χ3n) is 5.81. The van der Waals surface area contributed by atoms with E-state index < -0.39 is 0 Å². The number of carbonyl (C=O) groups excluding carboxylic acids is 1. The summed E-state index contributed by atoms with van der Waals surface area (Å²) in [7, 11) is 3.82. The lowest BCUT2D eigenvalue weighted by Gasteiger charge is -2.26. The summed E-state index contributed by atoms with van der Waals surface area (Å²) in [5.74, 6) is 0.551. The van der Waals surface area contributed by atoms with Gasteiger partial charge in [0, 0.05) is 37.4 Å². The Bertz CT molecular complexity index is 1060. The van der Waals surface area contributed by atoms with Crippen molar-refractivity contribution in [2.24, 2.45) is 5.10 Å². The molecule has 0 atom stereocenters. The molecule has 2 aromatic carbocycles. The Kier molecular flexibility index (Phi) is 4.98. The molecule has 4 rings (SSSR count). The van der Waals surface area contributed by atoms with Crippen LogP contribution in [-0.4, -0.2) is 37.3 Å². The van der Waals surface area contributed by atoms with E-state index in [2.05, 4.69) is 61.1 Å². The molecule has 0 saturated carbocycles. The minimum absolute atomic E-state index is 0.113. The second-order valence-corrected chi connectivity index (χ2v) is 8.29. The molecule has 0 bridgehead atoms. The molecule has 0 aromatic heterocycles. The average molecular weight is 401 g/mol. The summed E-state index contributed by atoms with van der Waals surface area (Å²) in [4.78, 5) is 17.4. The first-order valence-electron chi connectivity index (χ1n) is 10.3. The predicted octanol–water partition coefficient (Wildman–Crippen LogP) is 4.54. The van der Waals surface area contributed by atoms with Gasteiger partial charge in [0.15, 0.2) is 5.84 Å². The largest absolute Gasteiger partial charge is 0.361 e. The number of carbonyl (C=O) groups is 1. The first-order chi connectivity index (χ1) is 14.4. The molecule has 154 valence electrons. The van der Waals surface area contributed by atoms with Crippen molar-refractivity contribution in [2.45, 2.75) is 26.2 Å². The molecule has 2 aromatic rings. The highest BCUT2D eigenvalue weighted by atomic mass is 16.2. The number of anilines is 2. The molecule has 0 aliphatic carbocycles. The van der Waals surface area contributed by atoms with Crippen molar-refractivity contribution in [3.05, 3.63) is 83.6 Å². The second-order valence-electron chi connectivity index (χ2n) is 8.29. The number of rotatable bonds is 3. The van der Waals surface area contributed by atoms with Gasteiger partial charge in [0.25, 0.3) is 5.91 Å². The lowest BCUT2D eigenvalue weighted by atomic mass is 9.83. The molecule has 0 radical (unpaired) electrons. The van der Waals surface area contributed by atoms with Gasteiger partial charge in [-0.05, 0) is 42.8 Å². The Morgan fingerprint density at radius 1 is 1.00 bits per heavy atom. The molecule has 30 heavy (non-hydrogen) atoms. The van der Waals surface area contributed by atoms with Gasteiger partial charge in [-0.2, -0.15) is 5.01 Å². The van der Waals surface area contributed by atoms with Crippen LogP contribution in [0, 0.1) is 0 Å². The first kappa shape index (κ1) is 20.0. The fourth-order valence-electron chi connectivity index (χ4n) is 4.27. The molecule has 5 nitrogen and oxygen atoms in total. The average Bonchev–Trinajstić information content (AvgIpc) is 3.18. The summed E-state index contributed by atoms with van der Waals surface area (Å²) < 4.78 is 0. The molecule has 2 aliphatic heterocycles. The van der Waals surface area contributed by atoms with E-state index in [1.807, 2.05) is 55.4 Å². The molecule has 2 heterocycles. The van der Waals surface area contributed by atoms with E-state index >= 15 is 0 Å². The monoisotopic (exact) mass is 400 g/mol. The van der Waals surface area contributed by atoms with Crippen LogP contribution in [0.3, 0.4) is 0 Å². The molecule has 0 spiro atoms. The highest BCUT2D eigenvalue weighted by Gasteiger charge is 2.39. The van der Waals surface area contributed by atoms with Crippen molar-refractivity contribution in [1.82, 2.24) is 4.90 Å². The quantitative estimate of drug-likeness (QED) is 0.711. The van der Waals surface area contributed by atoms with E-state index in [0.29, 0.717) is 11.4 Å². The van der Waals surface area contributed by atoms with Gasteiger partial charge in [0.05, 0.1) is 11.3 Å². The zero-order valence-corrected chi connectivity index (χ0v) is 18.3. The molecular formula is C25H28N4O. The number of hydrogen-bond acceptors (Lipinski definition) is 4. The number of hydrazone groups is 1. The van der Waals surface area contributed by atoms with Crippen LogP contribution in [0.25, 0.3) is 0 Å². The zero-order chi connectivity index (χ0) is 21.5. The summed E-state index contributed by atoms with van der Waals surface area (Å²) in [6, 6.07) is 18.1. The van der Waals surface area contributed by atoms with Crippen LogP contribution in [0.4, 0.5) is 11.4 Å². The van der Waals surface area contributed by atoms with Gasteiger partial charge in [0.2, 0.25) is 0 Å². The standard InChI is InChI=1S/C25H28N4O/c1-6-28-21-15-11-10-14-20(21)25(2,3)22(28)17-16-19-23(27(4)5)26-29(24(19)30)18-12-8-7-9-13-18/h7-17H,6H2,1-5H3. The maximum atomic E-state index is 13.2. The number of hydrogen-bond donors (Lipinski definition) is 0. The van der Waals surface area contributed by atoms with E-state index in [-0.39, 0.29) is 11.3 Å². The van der Waals surface area contributed by atoms with Crippen LogP contribution < -0.4 is 9.91 Å². The van der Waals surface area contributed by atoms with Crippen LogP contribution in [-0.2, 0) is 10.2 Å². The molecule has 2 aliphatic rings. The van der Waals surface area contributed by atoms with Gasteiger partial charge in [-0.25, -0.2) is 0 Å². The van der Waals surface area contributed by atoms with E-state index in [4.69, 9.17) is 0 Å². The van der Waals surface area contributed by atoms with E-state index in [1.54, 1.807) is 0 Å². The number of fused-ring (bicyclic) bond motifs is 1. The van der Waals surface area contributed by atoms with Crippen LogP contribution in [0.1, 0.15) is 26.3 Å². The van der Waals surface area contributed by atoms with Crippen molar-refractivity contribution in [1.29, 1.82) is 0 Å². The van der Waals surface area contributed by atoms with E-state index in [0.717, 1.165) is 12.2 Å². The van der Waals surface area contributed by atoms with Crippen molar-refractivity contribution in [3.8, 4) is 0 Å². The number of allylic oxidation sites excluding steroid dienone is 3. The Balaban J connectivity index is 1.76. The maximum Gasteiger partial charge on any atom is 0.282 e. The van der Waals surface area contributed by atoms with Crippen LogP contribution in [0.5, 0.6) is 0 Å². The van der Waals surface area contributed by atoms with Gasteiger partial charge in [0.1, 0.15) is 0 Å². The molecular weight excluding hydrogens is 372 g/mol. The van der Waals surface area contributed by atoms with Gasteiger partial charge < -0.3 is 9.80 Å². The van der Waals surface area contributed by atoms with Crippen molar-refractivity contribution < 1.29 is 4.79 Å². The number of amidine groups is 1. The molecule has 1 amide bonds. The lowest BCUT2D eigenvalue weighted by Crippen LogP contribution is -2.27. The minimum Gasteiger partial charge on any atom is -0.361 e. The number of benzene rings is 2. The van der Waals surface area contributed by atoms with Gasteiger partial charge in [-0.3, -0.25) is 4.79 Å². The zero-order valence-electron chi connectivity index (χ0n) is 18.3. The van der Waals surface area contributed by atoms with Crippen LogP contribution in [0.15, 0.2) is 83.1 Å². The fraction of sp³-hybridized carbons (Fsp3) is 0.280. The van der Waals surface area contributed by atoms with Crippen molar-refractivity contribution in [3.63, 3.8) is 0 Å².